The molecule has 0 bridgehead atoms. The summed E-state index contributed by atoms with van der Waals surface area (Å²) in [6.45, 7) is 1.73. The Morgan fingerprint density at radius 3 is 2.95 bits per heavy atom. The van der Waals surface area contributed by atoms with Crippen molar-refractivity contribution in [1.82, 2.24) is 10.4 Å². The van der Waals surface area contributed by atoms with Gasteiger partial charge in [0.1, 0.15) is 5.75 Å². The Kier molecular flexibility index (Phi) is 3.87. The number of hydrazone groups is 1. The maximum atomic E-state index is 11.8. The van der Waals surface area contributed by atoms with Gasteiger partial charge in [-0.1, -0.05) is 18.2 Å². The Morgan fingerprint density at radius 2 is 2.21 bits per heavy atom. The SMILES string of the molecule is Cc1cccc(C(=O)N/N=C\c2cccnc2)c1O. The molecule has 0 aliphatic carbocycles. The van der Waals surface area contributed by atoms with E-state index in [-0.39, 0.29) is 11.3 Å². The van der Waals surface area contributed by atoms with E-state index in [1.807, 2.05) is 6.07 Å². The second-order valence-electron chi connectivity index (χ2n) is 3.96. The number of carbonyl (C=O) groups is 1. The highest BCUT2D eigenvalue weighted by Crippen LogP contribution is 2.20. The minimum atomic E-state index is -0.457. The normalized spacial score (nSPS) is 10.6. The second kappa shape index (κ2) is 5.77. The first kappa shape index (κ1) is 12.8. The molecule has 0 saturated carbocycles. The molecule has 1 amide bonds. The van der Waals surface area contributed by atoms with Crippen LogP contribution in [0, 0.1) is 6.92 Å². The van der Waals surface area contributed by atoms with Gasteiger partial charge in [0, 0.05) is 18.0 Å². The third-order valence-electron chi connectivity index (χ3n) is 2.55. The highest BCUT2D eigenvalue weighted by atomic mass is 16.3. The number of phenols is 1. The summed E-state index contributed by atoms with van der Waals surface area (Å²) < 4.78 is 0. The maximum Gasteiger partial charge on any atom is 0.275 e. The third-order valence-corrected chi connectivity index (χ3v) is 2.55. The lowest BCUT2D eigenvalue weighted by Gasteiger charge is -2.04. The van der Waals surface area contributed by atoms with Crippen LogP contribution in [-0.4, -0.2) is 22.2 Å². The molecule has 1 heterocycles. The topological polar surface area (TPSA) is 74.6 Å². The van der Waals surface area contributed by atoms with Crippen molar-refractivity contribution in [2.24, 2.45) is 5.10 Å². The minimum absolute atomic E-state index is 0.0309. The molecule has 0 saturated heterocycles. The van der Waals surface area contributed by atoms with Crippen LogP contribution in [0.5, 0.6) is 5.75 Å². The van der Waals surface area contributed by atoms with E-state index in [1.165, 1.54) is 12.3 Å². The predicted octanol–water partition coefficient (Wildman–Crippen LogP) is 1.86. The van der Waals surface area contributed by atoms with Crippen molar-refractivity contribution in [2.45, 2.75) is 6.92 Å². The van der Waals surface area contributed by atoms with Crippen molar-refractivity contribution in [1.29, 1.82) is 0 Å². The second-order valence-corrected chi connectivity index (χ2v) is 3.96. The average Bonchev–Trinajstić information content (AvgIpc) is 2.43. The van der Waals surface area contributed by atoms with E-state index in [4.69, 9.17) is 0 Å². The van der Waals surface area contributed by atoms with Gasteiger partial charge in [-0.2, -0.15) is 5.10 Å². The summed E-state index contributed by atoms with van der Waals surface area (Å²) >= 11 is 0. The fourth-order valence-electron chi connectivity index (χ4n) is 1.52. The van der Waals surface area contributed by atoms with Gasteiger partial charge < -0.3 is 5.11 Å². The molecule has 5 heteroatoms. The van der Waals surface area contributed by atoms with E-state index in [0.717, 1.165) is 5.56 Å². The van der Waals surface area contributed by atoms with Gasteiger partial charge in [0.2, 0.25) is 0 Å². The number of benzene rings is 1. The molecule has 2 aromatic rings. The van der Waals surface area contributed by atoms with Crippen molar-refractivity contribution in [2.75, 3.05) is 0 Å². The number of rotatable bonds is 3. The van der Waals surface area contributed by atoms with Crippen LogP contribution in [0.2, 0.25) is 0 Å². The molecule has 0 unspecified atom stereocenters. The number of para-hydroxylation sites is 1. The zero-order valence-corrected chi connectivity index (χ0v) is 10.4. The molecule has 0 atom stereocenters. The Balaban J connectivity index is 2.06. The number of aromatic nitrogens is 1. The van der Waals surface area contributed by atoms with Crippen LogP contribution in [0.4, 0.5) is 0 Å². The minimum Gasteiger partial charge on any atom is -0.507 e. The standard InChI is InChI=1S/C14H13N3O2/c1-10-4-2-6-12(13(10)18)14(19)17-16-9-11-5-3-7-15-8-11/h2-9,18H,1H3,(H,17,19)/b16-9-. The number of aromatic hydroxyl groups is 1. The fraction of sp³-hybridized carbons (Fsp3) is 0.0714. The first-order valence-electron chi connectivity index (χ1n) is 5.70. The first-order chi connectivity index (χ1) is 9.18. The molecule has 0 aliphatic rings. The molecular formula is C14H13N3O2. The van der Waals surface area contributed by atoms with Crippen molar-refractivity contribution in [3.05, 3.63) is 59.4 Å². The van der Waals surface area contributed by atoms with Gasteiger partial charge in [-0.25, -0.2) is 5.43 Å². The number of aryl methyl sites for hydroxylation is 1. The van der Waals surface area contributed by atoms with Crippen LogP contribution in [0.1, 0.15) is 21.5 Å². The number of hydrogen-bond acceptors (Lipinski definition) is 4. The van der Waals surface area contributed by atoms with Crippen LogP contribution in [0.25, 0.3) is 0 Å². The van der Waals surface area contributed by atoms with Crippen LogP contribution in [0.3, 0.4) is 0 Å². The van der Waals surface area contributed by atoms with Crippen molar-refractivity contribution in [3.63, 3.8) is 0 Å². The maximum absolute atomic E-state index is 11.8. The van der Waals surface area contributed by atoms with E-state index in [9.17, 15) is 9.90 Å². The molecule has 2 N–H and O–H groups in total. The predicted molar refractivity (Wildman–Crippen MR) is 72.1 cm³/mol. The molecular weight excluding hydrogens is 242 g/mol. The molecule has 0 spiro atoms. The first-order valence-corrected chi connectivity index (χ1v) is 5.70. The molecule has 2 rings (SSSR count). The molecule has 0 radical (unpaired) electrons. The van der Waals surface area contributed by atoms with Gasteiger partial charge in [-0.3, -0.25) is 9.78 Å². The van der Waals surface area contributed by atoms with Crippen LogP contribution < -0.4 is 5.43 Å². The average molecular weight is 255 g/mol. The monoisotopic (exact) mass is 255 g/mol. The van der Waals surface area contributed by atoms with Crippen LogP contribution in [0.15, 0.2) is 47.8 Å². The summed E-state index contributed by atoms with van der Waals surface area (Å²) in [4.78, 5) is 15.7. The highest BCUT2D eigenvalue weighted by Gasteiger charge is 2.11. The van der Waals surface area contributed by atoms with Crippen LogP contribution in [-0.2, 0) is 0 Å². The third kappa shape index (κ3) is 3.16. The molecule has 1 aromatic heterocycles. The zero-order valence-electron chi connectivity index (χ0n) is 10.4. The summed E-state index contributed by atoms with van der Waals surface area (Å²) in [7, 11) is 0. The van der Waals surface area contributed by atoms with Crippen molar-refractivity contribution in [3.8, 4) is 5.75 Å². The molecule has 96 valence electrons. The number of amides is 1. The Bertz CT molecular complexity index is 609. The lowest BCUT2D eigenvalue weighted by Crippen LogP contribution is -2.17. The van der Waals surface area contributed by atoms with E-state index < -0.39 is 5.91 Å². The summed E-state index contributed by atoms with van der Waals surface area (Å²) in [6, 6.07) is 8.55. The van der Waals surface area contributed by atoms with Gasteiger partial charge >= 0.3 is 0 Å². The smallest absolute Gasteiger partial charge is 0.275 e. The summed E-state index contributed by atoms with van der Waals surface area (Å²) in [6.07, 6.45) is 4.76. The number of phenolic OH excluding ortho intramolecular Hbond substituents is 1. The Morgan fingerprint density at radius 1 is 1.37 bits per heavy atom. The van der Waals surface area contributed by atoms with Gasteiger partial charge in [0.25, 0.3) is 5.91 Å². The highest BCUT2D eigenvalue weighted by molar-refractivity contribution is 5.97. The largest absolute Gasteiger partial charge is 0.507 e. The van der Waals surface area contributed by atoms with Gasteiger partial charge in [-0.05, 0) is 24.6 Å². The lowest BCUT2D eigenvalue weighted by molar-refractivity contribution is 0.0952. The van der Waals surface area contributed by atoms with Crippen molar-refractivity contribution < 1.29 is 9.90 Å². The quantitative estimate of drug-likeness (QED) is 0.649. The Hall–Kier alpha value is -2.69. The number of pyridine rings is 1. The molecule has 5 nitrogen and oxygen atoms in total. The van der Waals surface area contributed by atoms with Gasteiger partial charge in [0.15, 0.2) is 0 Å². The fourth-order valence-corrected chi connectivity index (χ4v) is 1.52. The molecule has 0 aliphatic heterocycles. The van der Waals surface area contributed by atoms with E-state index in [1.54, 1.807) is 37.5 Å². The molecule has 1 aromatic carbocycles. The number of carbonyl (C=O) groups excluding carboxylic acids is 1. The van der Waals surface area contributed by atoms with E-state index >= 15 is 0 Å². The zero-order chi connectivity index (χ0) is 13.7. The number of nitrogens with zero attached hydrogens (tertiary/aromatic N) is 2. The number of nitrogens with one attached hydrogen (secondary N) is 1. The number of hydrogen-bond donors (Lipinski definition) is 2. The van der Waals surface area contributed by atoms with Crippen molar-refractivity contribution >= 4 is 12.1 Å². The van der Waals surface area contributed by atoms with E-state index in [0.29, 0.717) is 5.56 Å². The van der Waals surface area contributed by atoms with Gasteiger partial charge in [-0.15, -0.1) is 0 Å². The molecule has 0 fully saturated rings. The molecule has 19 heavy (non-hydrogen) atoms. The lowest BCUT2D eigenvalue weighted by atomic mass is 10.1. The van der Waals surface area contributed by atoms with Gasteiger partial charge in [0.05, 0.1) is 11.8 Å². The van der Waals surface area contributed by atoms with E-state index in [2.05, 4.69) is 15.5 Å². The summed E-state index contributed by atoms with van der Waals surface area (Å²) in [5.74, 6) is -0.488. The summed E-state index contributed by atoms with van der Waals surface area (Å²) in [5.41, 5.74) is 3.97. The summed E-state index contributed by atoms with van der Waals surface area (Å²) in [5, 5.41) is 13.6. The Labute approximate surface area is 110 Å². The van der Waals surface area contributed by atoms with Crippen LogP contribution >= 0.6 is 0 Å².